The number of rotatable bonds is 7. The molecule has 0 saturated heterocycles. The van der Waals surface area contributed by atoms with E-state index in [2.05, 4.69) is 0 Å². The van der Waals surface area contributed by atoms with Gasteiger partial charge in [-0.15, -0.1) is 0 Å². The Morgan fingerprint density at radius 3 is 2.00 bits per heavy atom. The smallest absolute Gasteiger partial charge is 0.203 e. The molecule has 0 radical (unpaired) electrons. The lowest BCUT2D eigenvalue weighted by molar-refractivity contribution is 0.243. The third kappa shape index (κ3) is 3.27. The third-order valence-corrected chi connectivity index (χ3v) is 2.21. The molecule has 4 heteroatoms. The largest absolute Gasteiger partial charge is 0.490 e. The molecule has 0 amide bonds. The maximum atomic E-state index is 9.28. The van der Waals surface area contributed by atoms with Crippen molar-refractivity contribution in [3.05, 3.63) is 17.7 Å². The minimum Gasteiger partial charge on any atom is -0.490 e. The molecule has 0 atom stereocenters. The van der Waals surface area contributed by atoms with Crippen molar-refractivity contribution in [1.82, 2.24) is 0 Å². The van der Waals surface area contributed by atoms with Crippen molar-refractivity contribution in [3.8, 4) is 17.2 Å². The van der Waals surface area contributed by atoms with Crippen LogP contribution in [0.5, 0.6) is 17.2 Å². The second-order valence-electron chi connectivity index (χ2n) is 3.34. The van der Waals surface area contributed by atoms with Crippen molar-refractivity contribution in [2.45, 2.75) is 27.4 Å². The van der Waals surface area contributed by atoms with E-state index in [0.29, 0.717) is 42.6 Å². The highest BCUT2D eigenvalue weighted by Gasteiger charge is 2.16. The predicted octanol–water partition coefficient (Wildman–Crippen LogP) is 2.38. The predicted molar refractivity (Wildman–Crippen MR) is 65.9 cm³/mol. The number of hydrogen-bond acceptors (Lipinski definition) is 4. The van der Waals surface area contributed by atoms with Crippen molar-refractivity contribution in [2.24, 2.45) is 0 Å². The Morgan fingerprint density at radius 2 is 1.47 bits per heavy atom. The fraction of sp³-hybridized carbons (Fsp3) is 0.538. The minimum atomic E-state index is -0.0815. The Labute approximate surface area is 102 Å². The Balaban J connectivity index is 3.20. The fourth-order valence-corrected chi connectivity index (χ4v) is 1.56. The van der Waals surface area contributed by atoms with E-state index in [0.717, 1.165) is 0 Å². The van der Waals surface area contributed by atoms with Gasteiger partial charge >= 0.3 is 0 Å². The number of aliphatic hydroxyl groups excluding tert-OH is 1. The van der Waals surface area contributed by atoms with Crippen LogP contribution in [0.2, 0.25) is 0 Å². The van der Waals surface area contributed by atoms with Gasteiger partial charge in [-0.2, -0.15) is 0 Å². The highest BCUT2D eigenvalue weighted by molar-refractivity contribution is 5.55. The van der Waals surface area contributed by atoms with E-state index in [1.165, 1.54) is 0 Å². The van der Waals surface area contributed by atoms with Gasteiger partial charge in [-0.05, 0) is 32.9 Å². The first kappa shape index (κ1) is 13.6. The Morgan fingerprint density at radius 1 is 0.882 bits per heavy atom. The van der Waals surface area contributed by atoms with E-state index < -0.39 is 0 Å². The van der Waals surface area contributed by atoms with Gasteiger partial charge in [-0.25, -0.2) is 0 Å². The molecule has 0 aliphatic carbocycles. The van der Waals surface area contributed by atoms with Crippen LogP contribution in [0.15, 0.2) is 12.1 Å². The molecule has 0 heterocycles. The second-order valence-corrected chi connectivity index (χ2v) is 3.34. The van der Waals surface area contributed by atoms with Crippen molar-refractivity contribution in [3.63, 3.8) is 0 Å². The Bertz CT molecular complexity index is 350. The van der Waals surface area contributed by atoms with Gasteiger partial charge in [0.2, 0.25) is 5.75 Å². The van der Waals surface area contributed by atoms with Gasteiger partial charge in [0.05, 0.1) is 26.4 Å². The van der Waals surface area contributed by atoms with Crippen LogP contribution in [0.4, 0.5) is 0 Å². The Hall–Kier alpha value is -1.42. The highest BCUT2D eigenvalue weighted by Crippen LogP contribution is 2.40. The molecule has 0 aliphatic rings. The van der Waals surface area contributed by atoms with E-state index in [-0.39, 0.29) is 6.61 Å². The summed E-state index contributed by atoms with van der Waals surface area (Å²) < 4.78 is 16.6. The summed E-state index contributed by atoms with van der Waals surface area (Å²) in [6.45, 7) is 7.22. The van der Waals surface area contributed by atoms with Crippen LogP contribution in [0.1, 0.15) is 26.3 Å². The van der Waals surface area contributed by atoms with Crippen molar-refractivity contribution in [2.75, 3.05) is 19.8 Å². The minimum absolute atomic E-state index is 0.0815. The van der Waals surface area contributed by atoms with Crippen LogP contribution < -0.4 is 14.2 Å². The van der Waals surface area contributed by atoms with Crippen LogP contribution in [-0.4, -0.2) is 24.9 Å². The zero-order chi connectivity index (χ0) is 12.7. The normalized spacial score (nSPS) is 10.1. The monoisotopic (exact) mass is 240 g/mol. The molecule has 17 heavy (non-hydrogen) atoms. The summed E-state index contributed by atoms with van der Waals surface area (Å²) in [4.78, 5) is 0. The van der Waals surface area contributed by atoms with Crippen molar-refractivity contribution in [1.29, 1.82) is 0 Å². The lowest BCUT2D eigenvalue weighted by atomic mass is 10.2. The molecule has 96 valence electrons. The molecule has 0 unspecified atom stereocenters. The summed E-state index contributed by atoms with van der Waals surface area (Å²) in [6.07, 6.45) is 0. The van der Waals surface area contributed by atoms with E-state index in [9.17, 15) is 5.11 Å². The maximum absolute atomic E-state index is 9.28. The van der Waals surface area contributed by atoms with Crippen LogP contribution in [0.25, 0.3) is 0 Å². The zero-order valence-corrected chi connectivity index (χ0v) is 10.7. The summed E-state index contributed by atoms with van der Waals surface area (Å²) in [6, 6.07) is 3.58. The van der Waals surface area contributed by atoms with Gasteiger partial charge in [0.25, 0.3) is 0 Å². The first-order valence-corrected chi connectivity index (χ1v) is 5.93. The second kappa shape index (κ2) is 7.01. The molecular weight excluding hydrogens is 220 g/mol. The van der Waals surface area contributed by atoms with Gasteiger partial charge in [0, 0.05) is 5.56 Å². The Kier molecular flexibility index (Phi) is 5.63. The average Bonchev–Trinajstić information content (AvgIpc) is 2.34. The van der Waals surface area contributed by atoms with Gasteiger partial charge in [0.1, 0.15) is 0 Å². The van der Waals surface area contributed by atoms with Crippen LogP contribution in [-0.2, 0) is 6.61 Å². The van der Waals surface area contributed by atoms with Crippen LogP contribution in [0.3, 0.4) is 0 Å². The van der Waals surface area contributed by atoms with E-state index >= 15 is 0 Å². The molecular formula is C13H20O4. The quantitative estimate of drug-likeness (QED) is 0.795. The molecule has 0 bridgehead atoms. The number of benzene rings is 1. The first-order chi connectivity index (χ1) is 8.28. The summed E-state index contributed by atoms with van der Waals surface area (Å²) >= 11 is 0. The maximum Gasteiger partial charge on any atom is 0.203 e. The fourth-order valence-electron chi connectivity index (χ4n) is 1.56. The van der Waals surface area contributed by atoms with Crippen molar-refractivity contribution < 1.29 is 19.3 Å². The molecule has 0 fully saturated rings. The molecule has 1 rings (SSSR count). The first-order valence-electron chi connectivity index (χ1n) is 5.93. The number of ether oxygens (including phenoxy) is 3. The van der Waals surface area contributed by atoms with Crippen LogP contribution in [0, 0.1) is 0 Å². The third-order valence-electron chi connectivity index (χ3n) is 2.21. The molecule has 0 saturated carbocycles. The van der Waals surface area contributed by atoms with E-state index in [1.807, 2.05) is 20.8 Å². The topological polar surface area (TPSA) is 47.9 Å². The standard InChI is InChI=1S/C13H20O4/c1-4-15-11-8-7-10(9-14)12(16-5-2)13(11)17-6-3/h7-8,14H,4-6,9H2,1-3H3. The molecule has 0 spiro atoms. The molecule has 0 aromatic heterocycles. The van der Waals surface area contributed by atoms with Gasteiger partial charge < -0.3 is 19.3 Å². The summed E-state index contributed by atoms with van der Waals surface area (Å²) in [5.74, 6) is 1.79. The lowest BCUT2D eigenvalue weighted by Crippen LogP contribution is -2.04. The molecule has 1 aromatic carbocycles. The van der Waals surface area contributed by atoms with Gasteiger partial charge in [0.15, 0.2) is 11.5 Å². The molecule has 1 aromatic rings. The summed E-state index contributed by atoms with van der Waals surface area (Å²) in [5.41, 5.74) is 0.707. The molecule has 0 aliphatic heterocycles. The zero-order valence-electron chi connectivity index (χ0n) is 10.7. The average molecular weight is 240 g/mol. The molecule has 1 N–H and O–H groups in total. The van der Waals surface area contributed by atoms with E-state index in [1.54, 1.807) is 12.1 Å². The van der Waals surface area contributed by atoms with Crippen LogP contribution >= 0.6 is 0 Å². The van der Waals surface area contributed by atoms with Gasteiger partial charge in [-0.1, -0.05) is 0 Å². The van der Waals surface area contributed by atoms with Crippen molar-refractivity contribution >= 4 is 0 Å². The molecule has 4 nitrogen and oxygen atoms in total. The summed E-state index contributed by atoms with van der Waals surface area (Å²) in [7, 11) is 0. The highest BCUT2D eigenvalue weighted by atomic mass is 16.5. The van der Waals surface area contributed by atoms with Gasteiger partial charge in [-0.3, -0.25) is 0 Å². The lowest BCUT2D eigenvalue weighted by Gasteiger charge is -2.17. The van der Waals surface area contributed by atoms with E-state index in [4.69, 9.17) is 14.2 Å². The number of aliphatic hydroxyl groups is 1. The summed E-state index contributed by atoms with van der Waals surface area (Å²) in [5, 5.41) is 9.28. The SMILES string of the molecule is CCOc1ccc(CO)c(OCC)c1OCC. The number of hydrogen-bond donors (Lipinski definition) is 1.